The summed E-state index contributed by atoms with van der Waals surface area (Å²) < 4.78 is 0. The van der Waals surface area contributed by atoms with Crippen LogP contribution in [0, 0.1) is 10.1 Å². The Hall–Kier alpha value is -1.88. The summed E-state index contributed by atoms with van der Waals surface area (Å²) in [5.74, 6) is -1.54. The zero-order valence-electron chi connectivity index (χ0n) is 7.49. The van der Waals surface area contributed by atoms with Crippen LogP contribution < -0.4 is 0 Å². The third-order valence-electron chi connectivity index (χ3n) is 1.52. The van der Waals surface area contributed by atoms with E-state index in [1.54, 1.807) is 30.3 Å². The zero-order valence-corrected chi connectivity index (χ0v) is 8.31. The fraction of sp³-hybridized carbons (Fsp3) is 0. The second-order valence-corrected chi connectivity index (χ2v) is 2.50. The first-order valence-corrected chi connectivity index (χ1v) is 3.75. The van der Waals surface area contributed by atoms with Crippen molar-refractivity contribution in [3.05, 3.63) is 51.7 Å². The van der Waals surface area contributed by atoms with Gasteiger partial charge in [-0.1, -0.05) is 30.3 Å². The fourth-order valence-corrected chi connectivity index (χ4v) is 0.900. The summed E-state index contributed by atoms with van der Waals surface area (Å²) in [7, 11) is 0. The molecule has 0 aliphatic carbocycles. The van der Waals surface area contributed by atoms with Gasteiger partial charge in [-0.05, 0) is 5.56 Å². The van der Waals surface area contributed by atoms with Crippen molar-refractivity contribution in [2.24, 2.45) is 0 Å². The zero-order chi connectivity index (χ0) is 10.6. The van der Waals surface area contributed by atoms with Crippen LogP contribution in [0.2, 0.25) is 0 Å². The first kappa shape index (κ1) is 13.1. The SMILES string of the molecule is Cl.O=C(O)C(=Cc1ccccc1)[N+](=O)[O-]. The molecule has 0 unspecified atom stereocenters. The van der Waals surface area contributed by atoms with Gasteiger partial charge in [0, 0.05) is 6.08 Å². The molecule has 15 heavy (non-hydrogen) atoms. The molecule has 80 valence electrons. The lowest BCUT2D eigenvalue weighted by atomic mass is 10.2. The van der Waals surface area contributed by atoms with Crippen LogP contribution in [0.3, 0.4) is 0 Å². The Morgan fingerprint density at radius 3 is 2.27 bits per heavy atom. The van der Waals surface area contributed by atoms with Crippen molar-refractivity contribution >= 4 is 24.5 Å². The quantitative estimate of drug-likeness (QED) is 0.487. The van der Waals surface area contributed by atoms with Crippen molar-refractivity contribution in [1.82, 2.24) is 0 Å². The number of carbonyl (C=O) groups is 1. The molecule has 0 aliphatic heterocycles. The van der Waals surface area contributed by atoms with Gasteiger partial charge in [-0.25, -0.2) is 4.79 Å². The molecule has 0 atom stereocenters. The van der Waals surface area contributed by atoms with E-state index in [-0.39, 0.29) is 12.4 Å². The Morgan fingerprint density at radius 1 is 1.33 bits per heavy atom. The molecule has 1 rings (SSSR count). The molecule has 0 radical (unpaired) electrons. The lowest BCUT2D eigenvalue weighted by molar-refractivity contribution is -0.419. The van der Waals surface area contributed by atoms with Crippen LogP contribution in [0.5, 0.6) is 0 Å². The van der Waals surface area contributed by atoms with E-state index in [4.69, 9.17) is 5.11 Å². The molecule has 6 heteroatoms. The van der Waals surface area contributed by atoms with Crippen LogP contribution >= 0.6 is 12.4 Å². The molecule has 0 aliphatic rings. The topological polar surface area (TPSA) is 80.4 Å². The molecule has 1 aromatic rings. The van der Waals surface area contributed by atoms with Crippen LogP contribution in [-0.2, 0) is 4.79 Å². The predicted molar refractivity (Wildman–Crippen MR) is 56.3 cm³/mol. The monoisotopic (exact) mass is 229 g/mol. The highest BCUT2D eigenvalue weighted by Crippen LogP contribution is 2.06. The van der Waals surface area contributed by atoms with Gasteiger partial charge in [0.2, 0.25) is 0 Å². The second-order valence-electron chi connectivity index (χ2n) is 2.50. The standard InChI is InChI=1S/C9H7NO4.ClH/c11-9(12)8(10(13)14)6-7-4-2-1-3-5-7;/h1-6H,(H,11,12);1H. The molecular weight excluding hydrogens is 222 g/mol. The number of nitro groups is 1. The number of hydrogen-bond donors (Lipinski definition) is 1. The molecule has 0 spiro atoms. The number of benzene rings is 1. The van der Waals surface area contributed by atoms with E-state index in [0.29, 0.717) is 5.56 Å². The number of carboxylic acid groups (broad SMARTS) is 1. The van der Waals surface area contributed by atoms with Gasteiger partial charge in [0.05, 0.1) is 4.92 Å². The maximum Gasteiger partial charge on any atom is 0.407 e. The van der Waals surface area contributed by atoms with Crippen molar-refractivity contribution in [3.63, 3.8) is 0 Å². The van der Waals surface area contributed by atoms with E-state index in [1.807, 2.05) is 0 Å². The molecule has 1 N–H and O–H groups in total. The maximum atomic E-state index is 10.4. The van der Waals surface area contributed by atoms with E-state index in [0.717, 1.165) is 6.08 Å². The Labute approximate surface area is 91.6 Å². The minimum absolute atomic E-state index is 0. The predicted octanol–water partition coefficient (Wildman–Crippen LogP) is 1.81. The van der Waals surface area contributed by atoms with Crippen molar-refractivity contribution in [1.29, 1.82) is 0 Å². The van der Waals surface area contributed by atoms with Crippen molar-refractivity contribution in [3.8, 4) is 0 Å². The molecule has 0 bridgehead atoms. The molecule has 5 nitrogen and oxygen atoms in total. The fourth-order valence-electron chi connectivity index (χ4n) is 0.900. The number of nitrogens with zero attached hydrogens (tertiary/aromatic N) is 1. The molecule has 0 fully saturated rings. The number of aliphatic carboxylic acids is 1. The first-order valence-electron chi connectivity index (χ1n) is 3.75. The van der Waals surface area contributed by atoms with Gasteiger partial charge in [-0.3, -0.25) is 10.1 Å². The smallest absolute Gasteiger partial charge is 0.407 e. The largest absolute Gasteiger partial charge is 0.473 e. The van der Waals surface area contributed by atoms with Gasteiger partial charge in [-0.15, -0.1) is 12.4 Å². The van der Waals surface area contributed by atoms with Gasteiger partial charge in [0.25, 0.3) is 0 Å². The third-order valence-corrected chi connectivity index (χ3v) is 1.52. The van der Waals surface area contributed by atoms with Gasteiger partial charge in [0.1, 0.15) is 0 Å². The summed E-state index contributed by atoms with van der Waals surface area (Å²) in [6.07, 6.45) is 1.02. The molecule has 1 aromatic carbocycles. The van der Waals surface area contributed by atoms with Crippen LogP contribution in [0.1, 0.15) is 5.56 Å². The van der Waals surface area contributed by atoms with Gasteiger partial charge < -0.3 is 5.11 Å². The highest BCUT2D eigenvalue weighted by Gasteiger charge is 2.19. The third kappa shape index (κ3) is 3.78. The molecular formula is C9H8ClNO4. The molecule has 0 saturated carbocycles. The highest BCUT2D eigenvalue weighted by molar-refractivity contribution is 5.89. The van der Waals surface area contributed by atoms with Crippen molar-refractivity contribution in [2.75, 3.05) is 0 Å². The van der Waals surface area contributed by atoms with Crippen LogP contribution in [0.15, 0.2) is 36.0 Å². The summed E-state index contributed by atoms with van der Waals surface area (Å²) >= 11 is 0. The lowest BCUT2D eigenvalue weighted by Crippen LogP contribution is -2.09. The summed E-state index contributed by atoms with van der Waals surface area (Å²) in [5, 5.41) is 18.8. The van der Waals surface area contributed by atoms with E-state index in [9.17, 15) is 14.9 Å². The normalized spacial score (nSPS) is 10.3. The Balaban J connectivity index is 0.00000196. The average molecular weight is 230 g/mol. The highest BCUT2D eigenvalue weighted by atomic mass is 35.5. The van der Waals surface area contributed by atoms with Gasteiger partial charge in [-0.2, -0.15) is 0 Å². The van der Waals surface area contributed by atoms with E-state index in [1.165, 1.54) is 0 Å². The van der Waals surface area contributed by atoms with Gasteiger partial charge in [0.15, 0.2) is 0 Å². The molecule has 0 amide bonds. The van der Waals surface area contributed by atoms with Gasteiger partial charge >= 0.3 is 11.7 Å². The number of halogens is 1. The van der Waals surface area contributed by atoms with Crippen LogP contribution in [0.25, 0.3) is 6.08 Å². The first-order chi connectivity index (χ1) is 6.61. The molecule has 0 heterocycles. The second kappa shape index (κ2) is 5.77. The van der Waals surface area contributed by atoms with E-state index >= 15 is 0 Å². The molecule has 0 saturated heterocycles. The number of rotatable bonds is 3. The maximum absolute atomic E-state index is 10.4. The number of carboxylic acids is 1. The molecule has 0 aromatic heterocycles. The van der Waals surface area contributed by atoms with Crippen LogP contribution in [0.4, 0.5) is 0 Å². The summed E-state index contributed by atoms with van der Waals surface area (Å²) in [6, 6.07) is 8.26. The average Bonchev–Trinajstić information content (AvgIpc) is 2.15. The van der Waals surface area contributed by atoms with E-state index < -0.39 is 16.6 Å². The van der Waals surface area contributed by atoms with Crippen LogP contribution in [-0.4, -0.2) is 16.0 Å². The minimum Gasteiger partial charge on any atom is -0.473 e. The summed E-state index contributed by atoms with van der Waals surface area (Å²) in [6.45, 7) is 0. The lowest BCUT2D eigenvalue weighted by Gasteiger charge is -1.92. The van der Waals surface area contributed by atoms with E-state index in [2.05, 4.69) is 0 Å². The Bertz CT molecular complexity index is 372. The summed E-state index contributed by atoms with van der Waals surface area (Å²) in [5.41, 5.74) is -0.349. The van der Waals surface area contributed by atoms with Crippen molar-refractivity contribution in [2.45, 2.75) is 0 Å². The Kier molecular flexibility index (Phi) is 5.04. The Morgan fingerprint density at radius 2 is 1.87 bits per heavy atom. The minimum atomic E-state index is -1.54. The summed E-state index contributed by atoms with van der Waals surface area (Å²) in [4.78, 5) is 19.8. The van der Waals surface area contributed by atoms with Crippen molar-refractivity contribution < 1.29 is 14.8 Å². The number of hydrogen-bond acceptors (Lipinski definition) is 3.